The van der Waals surface area contributed by atoms with Crippen LogP contribution in [0, 0.1) is 5.92 Å². The van der Waals surface area contributed by atoms with E-state index in [9.17, 15) is 14.4 Å². The third kappa shape index (κ3) is 7.15. The number of piperazine rings is 1. The summed E-state index contributed by atoms with van der Waals surface area (Å²) < 4.78 is 8.66. The maximum Gasteiger partial charge on any atom is 0.259 e. The molecule has 0 radical (unpaired) electrons. The molecule has 270 valence electrons. The van der Waals surface area contributed by atoms with Crippen LogP contribution >= 0.6 is 11.3 Å². The van der Waals surface area contributed by atoms with E-state index in [2.05, 4.69) is 40.4 Å². The van der Waals surface area contributed by atoms with E-state index in [1.807, 2.05) is 38.1 Å². The summed E-state index contributed by atoms with van der Waals surface area (Å²) in [6.45, 7) is 10.6. The van der Waals surface area contributed by atoms with Gasteiger partial charge in [0, 0.05) is 76.9 Å². The highest BCUT2D eigenvalue weighted by Crippen LogP contribution is 2.35. The largest absolute Gasteiger partial charge is 0.490 e. The smallest absolute Gasteiger partial charge is 0.259 e. The maximum atomic E-state index is 13.6. The maximum absolute atomic E-state index is 13.6. The number of piperidine rings is 2. The van der Waals surface area contributed by atoms with Gasteiger partial charge < -0.3 is 19.9 Å². The highest BCUT2D eigenvalue weighted by Gasteiger charge is 2.29. The molecule has 52 heavy (non-hydrogen) atoms. The molecule has 0 aliphatic carbocycles. The number of hydrogen-bond acceptors (Lipinski definition) is 12. The Morgan fingerprint density at radius 1 is 1.02 bits per heavy atom. The van der Waals surface area contributed by atoms with E-state index in [1.54, 1.807) is 46.7 Å². The number of rotatable bonds is 9. The molecule has 8 rings (SSSR count). The summed E-state index contributed by atoms with van der Waals surface area (Å²) in [6, 6.07) is 9.54. The van der Waals surface area contributed by atoms with Crippen LogP contribution in [0.25, 0.3) is 15.9 Å². The van der Waals surface area contributed by atoms with Crippen molar-refractivity contribution in [1.82, 2.24) is 34.8 Å². The van der Waals surface area contributed by atoms with Gasteiger partial charge in [-0.05, 0) is 62.8 Å². The zero-order valence-corrected chi connectivity index (χ0v) is 30.1. The second-order valence-electron chi connectivity index (χ2n) is 14.1. The third-order valence-corrected chi connectivity index (χ3v) is 11.2. The molecular weight excluding hydrogens is 681 g/mol. The number of imide groups is 1. The summed E-state index contributed by atoms with van der Waals surface area (Å²) in [7, 11) is 0. The van der Waals surface area contributed by atoms with E-state index in [1.165, 1.54) is 0 Å². The molecule has 14 nitrogen and oxygen atoms in total. The molecule has 2 N–H and O–H groups in total. The fourth-order valence-corrected chi connectivity index (χ4v) is 8.38. The van der Waals surface area contributed by atoms with Crippen molar-refractivity contribution in [3.8, 4) is 5.75 Å². The Morgan fingerprint density at radius 3 is 2.60 bits per heavy atom. The van der Waals surface area contributed by atoms with Gasteiger partial charge in [-0.1, -0.05) is 17.4 Å². The number of carbonyl (C=O) groups excluding carboxylic acids is 3. The SMILES string of the molecule is CC(C)Oc1cc2nc(N3CCN(CC4CCN(c5ccc(C6CCC(=O)NC6=O)cn5)CC4)CC3)sc2cc1C(=O)Nc1cnn2cccnc12. The third-order valence-electron chi connectivity index (χ3n) is 10.1. The molecule has 1 unspecified atom stereocenters. The molecular formula is C37H42N10O4S. The molecule has 3 aliphatic heterocycles. The van der Waals surface area contributed by atoms with Crippen molar-refractivity contribution in [1.29, 1.82) is 0 Å². The average Bonchev–Trinajstić information content (AvgIpc) is 3.76. The van der Waals surface area contributed by atoms with Crippen LogP contribution in [0.4, 0.5) is 16.6 Å². The van der Waals surface area contributed by atoms with Crippen molar-refractivity contribution in [2.24, 2.45) is 5.92 Å². The standard InChI is InChI=1S/C37H42N10O4S/c1-23(2)51-30-19-28-31(18-27(30)36(50)41-29-21-40-47-11-3-10-38-34(29)47)52-37(42-28)46-16-14-44(15-17-46)22-24-8-12-45(13-9-24)32-6-4-25(20-39-32)26-5-7-33(48)43-35(26)49/h3-4,6,10-11,18-21,23-24,26H,5,7-9,12-17,22H2,1-2H3,(H,41,50)(H,43,48,49). The fourth-order valence-electron chi connectivity index (χ4n) is 7.35. The zero-order chi connectivity index (χ0) is 35.8. The van der Waals surface area contributed by atoms with E-state index in [0.717, 1.165) is 85.4 Å². The number of carbonyl (C=O) groups is 3. The summed E-state index contributed by atoms with van der Waals surface area (Å²) in [4.78, 5) is 58.6. The predicted octanol–water partition coefficient (Wildman–Crippen LogP) is 4.33. The number of aromatic nitrogens is 5. The zero-order valence-electron chi connectivity index (χ0n) is 29.3. The highest BCUT2D eigenvalue weighted by molar-refractivity contribution is 7.22. The van der Waals surface area contributed by atoms with Crippen molar-refractivity contribution in [2.45, 2.75) is 51.6 Å². The van der Waals surface area contributed by atoms with Crippen molar-refractivity contribution < 1.29 is 19.1 Å². The van der Waals surface area contributed by atoms with Crippen LogP contribution in [0.15, 0.2) is 55.1 Å². The van der Waals surface area contributed by atoms with Crippen molar-refractivity contribution in [2.75, 3.05) is 60.9 Å². The summed E-state index contributed by atoms with van der Waals surface area (Å²) in [5, 5.41) is 10.6. The molecule has 1 aromatic carbocycles. The number of fused-ring (bicyclic) bond motifs is 2. The molecule has 3 amide bonds. The first-order chi connectivity index (χ1) is 25.3. The van der Waals surface area contributed by atoms with Gasteiger partial charge in [-0.25, -0.2) is 19.5 Å². The number of hydrogen-bond donors (Lipinski definition) is 2. The van der Waals surface area contributed by atoms with E-state index in [4.69, 9.17) is 9.72 Å². The topological polar surface area (TPSA) is 150 Å². The van der Waals surface area contributed by atoms with Crippen LogP contribution in [0.2, 0.25) is 0 Å². The lowest BCUT2D eigenvalue weighted by Gasteiger charge is -2.39. The van der Waals surface area contributed by atoms with Crippen LogP contribution in [-0.4, -0.2) is 99.1 Å². The second kappa shape index (κ2) is 14.5. The Hall–Kier alpha value is -5.15. The fraction of sp³-hybridized carbons (Fsp3) is 0.432. The molecule has 4 aromatic heterocycles. The van der Waals surface area contributed by atoms with E-state index < -0.39 is 0 Å². The number of pyridine rings is 1. The number of anilines is 3. The molecule has 7 heterocycles. The first-order valence-electron chi connectivity index (χ1n) is 18.0. The Balaban J connectivity index is 0.857. The van der Waals surface area contributed by atoms with Crippen LogP contribution in [-0.2, 0) is 9.59 Å². The van der Waals surface area contributed by atoms with Crippen LogP contribution in [0.3, 0.4) is 0 Å². The number of nitrogens with zero attached hydrogens (tertiary/aromatic N) is 8. The van der Waals surface area contributed by atoms with Crippen molar-refractivity contribution in [3.63, 3.8) is 0 Å². The Labute approximate surface area is 305 Å². The molecule has 1 atom stereocenters. The number of nitrogens with one attached hydrogen (secondary N) is 2. The second-order valence-corrected chi connectivity index (χ2v) is 15.1. The quantitative estimate of drug-likeness (QED) is 0.209. The normalized spacial score (nSPS) is 19.1. The van der Waals surface area contributed by atoms with Crippen LogP contribution in [0.5, 0.6) is 5.75 Å². The number of amides is 3. The molecule has 3 saturated heterocycles. The van der Waals surface area contributed by atoms with Gasteiger partial charge >= 0.3 is 0 Å². The molecule has 3 fully saturated rings. The van der Waals surface area contributed by atoms with Gasteiger partial charge in [0.05, 0.1) is 34.0 Å². The molecule has 3 aliphatic rings. The van der Waals surface area contributed by atoms with E-state index in [-0.39, 0.29) is 29.7 Å². The Bertz CT molecular complexity index is 2100. The van der Waals surface area contributed by atoms with Gasteiger partial charge in [-0.3, -0.25) is 24.6 Å². The van der Waals surface area contributed by atoms with Gasteiger partial charge in [-0.15, -0.1) is 0 Å². The van der Waals surface area contributed by atoms with Gasteiger partial charge in [0.1, 0.15) is 17.3 Å². The predicted molar refractivity (Wildman–Crippen MR) is 199 cm³/mol. The van der Waals surface area contributed by atoms with Gasteiger partial charge in [0.25, 0.3) is 5.91 Å². The van der Waals surface area contributed by atoms with E-state index in [0.29, 0.717) is 41.4 Å². The van der Waals surface area contributed by atoms with Crippen LogP contribution in [0.1, 0.15) is 61.4 Å². The monoisotopic (exact) mass is 722 g/mol. The molecule has 0 saturated carbocycles. The summed E-state index contributed by atoms with van der Waals surface area (Å²) >= 11 is 1.60. The lowest BCUT2D eigenvalue weighted by Crippen LogP contribution is -2.49. The van der Waals surface area contributed by atoms with Crippen LogP contribution < -0.4 is 25.2 Å². The first-order valence-corrected chi connectivity index (χ1v) is 18.8. The summed E-state index contributed by atoms with van der Waals surface area (Å²) in [6.07, 6.45) is 9.85. The molecule has 15 heteroatoms. The number of thiazole rings is 1. The van der Waals surface area contributed by atoms with Gasteiger partial charge in [0.15, 0.2) is 10.8 Å². The van der Waals surface area contributed by atoms with E-state index >= 15 is 0 Å². The number of ether oxygens (including phenoxy) is 1. The molecule has 5 aromatic rings. The Kier molecular flexibility index (Phi) is 9.45. The molecule has 0 spiro atoms. The minimum atomic E-state index is -0.308. The number of benzene rings is 1. The van der Waals surface area contributed by atoms with Crippen molar-refractivity contribution in [3.05, 3.63) is 66.2 Å². The first kappa shape index (κ1) is 34.0. The Morgan fingerprint density at radius 2 is 1.85 bits per heavy atom. The average molecular weight is 723 g/mol. The lowest BCUT2D eigenvalue weighted by molar-refractivity contribution is -0.134. The highest BCUT2D eigenvalue weighted by atomic mass is 32.1. The van der Waals surface area contributed by atoms with Crippen molar-refractivity contribution >= 4 is 61.6 Å². The minimum absolute atomic E-state index is 0.115. The summed E-state index contributed by atoms with van der Waals surface area (Å²) in [5.74, 6) is 1.05. The van der Waals surface area contributed by atoms with Gasteiger partial charge in [0.2, 0.25) is 11.8 Å². The van der Waals surface area contributed by atoms with Gasteiger partial charge in [-0.2, -0.15) is 5.10 Å². The lowest BCUT2D eigenvalue weighted by atomic mass is 9.91. The minimum Gasteiger partial charge on any atom is -0.490 e. The molecule has 0 bridgehead atoms. The summed E-state index contributed by atoms with van der Waals surface area (Å²) in [5.41, 5.74) is 3.23.